The summed E-state index contributed by atoms with van der Waals surface area (Å²) >= 11 is 0. The highest BCUT2D eigenvalue weighted by atomic mass is 15.4. The lowest BCUT2D eigenvalue weighted by Crippen LogP contribution is -1.95. The summed E-state index contributed by atoms with van der Waals surface area (Å²) in [6.07, 6.45) is 2.49. The van der Waals surface area contributed by atoms with Gasteiger partial charge in [-0.1, -0.05) is 0 Å². The Balaban J connectivity index is 2.29. The Hall–Kier alpha value is -1.37. The number of aromatic nitrogens is 3. The SMILES string of the molecule is N#CCc1nc2n(n1)CCC2. The summed E-state index contributed by atoms with van der Waals surface area (Å²) in [6.45, 7) is 0.966. The van der Waals surface area contributed by atoms with E-state index in [0.29, 0.717) is 12.2 Å². The molecule has 1 aliphatic rings. The average molecular weight is 148 g/mol. The molecule has 0 unspecified atom stereocenters. The van der Waals surface area contributed by atoms with Gasteiger partial charge in [-0.3, -0.25) is 0 Å². The van der Waals surface area contributed by atoms with Gasteiger partial charge < -0.3 is 0 Å². The Kier molecular flexibility index (Phi) is 1.35. The first kappa shape index (κ1) is 6.35. The highest BCUT2D eigenvalue weighted by Gasteiger charge is 2.14. The molecule has 0 bridgehead atoms. The van der Waals surface area contributed by atoms with Crippen LogP contribution in [0.4, 0.5) is 0 Å². The molecule has 0 amide bonds. The van der Waals surface area contributed by atoms with E-state index in [2.05, 4.69) is 10.1 Å². The fourth-order valence-corrected chi connectivity index (χ4v) is 1.32. The Morgan fingerprint density at radius 3 is 3.27 bits per heavy atom. The molecule has 11 heavy (non-hydrogen) atoms. The standard InChI is InChI=1S/C7H8N4/c8-4-3-6-9-7-2-1-5-11(7)10-6/h1-3,5H2. The molecular formula is C7H8N4. The van der Waals surface area contributed by atoms with Crippen LogP contribution in [0.2, 0.25) is 0 Å². The molecule has 0 atom stereocenters. The molecule has 0 spiro atoms. The van der Waals surface area contributed by atoms with E-state index < -0.39 is 0 Å². The van der Waals surface area contributed by atoms with Crippen molar-refractivity contribution < 1.29 is 0 Å². The van der Waals surface area contributed by atoms with Gasteiger partial charge >= 0.3 is 0 Å². The molecule has 1 aromatic heterocycles. The lowest BCUT2D eigenvalue weighted by Gasteiger charge is -1.87. The average Bonchev–Trinajstić information content (AvgIpc) is 2.46. The van der Waals surface area contributed by atoms with E-state index in [4.69, 9.17) is 5.26 Å². The minimum Gasteiger partial charge on any atom is -0.250 e. The van der Waals surface area contributed by atoms with Gasteiger partial charge in [0.05, 0.1) is 12.5 Å². The zero-order valence-corrected chi connectivity index (χ0v) is 6.12. The zero-order chi connectivity index (χ0) is 7.68. The van der Waals surface area contributed by atoms with E-state index in [9.17, 15) is 0 Å². The summed E-state index contributed by atoms with van der Waals surface area (Å²) in [4.78, 5) is 4.21. The normalized spacial score (nSPS) is 14.5. The van der Waals surface area contributed by atoms with E-state index >= 15 is 0 Å². The molecule has 0 saturated carbocycles. The fraction of sp³-hybridized carbons (Fsp3) is 0.571. The molecule has 1 aromatic rings. The summed E-state index contributed by atoms with van der Waals surface area (Å²) in [5, 5.41) is 12.5. The van der Waals surface area contributed by atoms with Gasteiger partial charge in [0.2, 0.25) is 0 Å². The third kappa shape index (κ3) is 0.984. The fourth-order valence-electron chi connectivity index (χ4n) is 1.32. The van der Waals surface area contributed by atoms with Crippen LogP contribution in [0.3, 0.4) is 0 Å². The topological polar surface area (TPSA) is 54.5 Å². The molecule has 4 nitrogen and oxygen atoms in total. The molecule has 56 valence electrons. The quantitative estimate of drug-likeness (QED) is 0.575. The molecule has 0 radical (unpaired) electrons. The van der Waals surface area contributed by atoms with Crippen molar-refractivity contribution in [1.82, 2.24) is 14.8 Å². The van der Waals surface area contributed by atoms with E-state index in [1.54, 1.807) is 0 Å². The minimum absolute atomic E-state index is 0.333. The van der Waals surface area contributed by atoms with Gasteiger partial charge in [0, 0.05) is 13.0 Å². The largest absolute Gasteiger partial charge is 0.250 e. The van der Waals surface area contributed by atoms with Crippen LogP contribution in [0, 0.1) is 11.3 Å². The number of fused-ring (bicyclic) bond motifs is 1. The summed E-state index contributed by atoms with van der Waals surface area (Å²) < 4.78 is 1.90. The monoisotopic (exact) mass is 148 g/mol. The second kappa shape index (κ2) is 2.35. The van der Waals surface area contributed by atoms with Gasteiger partial charge in [-0.25, -0.2) is 9.67 Å². The molecule has 0 saturated heterocycles. The van der Waals surface area contributed by atoms with Crippen LogP contribution in [0.1, 0.15) is 18.1 Å². The number of hydrogen-bond donors (Lipinski definition) is 0. The van der Waals surface area contributed by atoms with Crippen molar-refractivity contribution >= 4 is 0 Å². The van der Waals surface area contributed by atoms with Crippen LogP contribution < -0.4 is 0 Å². The Bertz CT molecular complexity index is 285. The maximum atomic E-state index is 8.37. The van der Waals surface area contributed by atoms with E-state index in [0.717, 1.165) is 25.2 Å². The predicted molar refractivity (Wildman–Crippen MR) is 37.7 cm³/mol. The molecular weight excluding hydrogens is 140 g/mol. The third-order valence-electron chi connectivity index (χ3n) is 1.80. The van der Waals surface area contributed by atoms with Gasteiger partial charge in [-0.05, 0) is 6.42 Å². The number of nitriles is 1. The number of nitrogens with zero attached hydrogens (tertiary/aromatic N) is 4. The molecule has 0 fully saturated rings. The molecule has 4 heteroatoms. The van der Waals surface area contributed by atoms with Gasteiger partial charge in [0.25, 0.3) is 0 Å². The van der Waals surface area contributed by atoms with Gasteiger partial charge in [0.1, 0.15) is 5.82 Å². The van der Waals surface area contributed by atoms with Crippen molar-refractivity contribution in [2.45, 2.75) is 25.8 Å². The van der Waals surface area contributed by atoms with Crippen molar-refractivity contribution in [2.75, 3.05) is 0 Å². The second-order valence-corrected chi connectivity index (χ2v) is 2.61. The summed E-state index contributed by atoms with van der Waals surface area (Å²) in [6, 6.07) is 2.03. The van der Waals surface area contributed by atoms with Gasteiger partial charge in [0.15, 0.2) is 5.82 Å². The Morgan fingerprint density at radius 1 is 1.64 bits per heavy atom. The highest BCUT2D eigenvalue weighted by Crippen LogP contribution is 2.10. The zero-order valence-electron chi connectivity index (χ0n) is 6.12. The molecule has 2 heterocycles. The molecule has 0 aromatic carbocycles. The van der Waals surface area contributed by atoms with E-state index in [-0.39, 0.29) is 0 Å². The first-order valence-corrected chi connectivity index (χ1v) is 3.69. The Morgan fingerprint density at radius 2 is 2.55 bits per heavy atom. The van der Waals surface area contributed by atoms with Crippen molar-refractivity contribution in [1.29, 1.82) is 5.26 Å². The Labute approximate surface area is 64.5 Å². The summed E-state index contributed by atoms with van der Waals surface area (Å²) in [5.41, 5.74) is 0. The molecule has 0 aliphatic carbocycles. The third-order valence-corrected chi connectivity index (χ3v) is 1.80. The van der Waals surface area contributed by atoms with Crippen LogP contribution in [-0.2, 0) is 19.4 Å². The van der Waals surface area contributed by atoms with Crippen molar-refractivity contribution in [3.63, 3.8) is 0 Å². The maximum absolute atomic E-state index is 8.37. The molecule has 0 N–H and O–H groups in total. The van der Waals surface area contributed by atoms with Crippen molar-refractivity contribution in [2.24, 2.45) is 0 Å². The van der Waals surface area contributed by atoms with Crippen LogP contribution in [0.15, 0.2) is 0 Å². The van der Waals surface area contributed by atoms with Gasteiger partial charge in [-0.15, -0.1) is 0 Å². The van der Waals surface area contributed by atoms with E-state index in [1.165, 1.54) is 0 Å². The minimum atomic E-state index is 0.333. The van der Waals surface area contributed by atoms with Crippen molar-refractivity contribution in [3.8, 4) is 6.07 Å². The van der Waals surface area contributed by atoms with Crippen LogP contribution in [0.25, 0.3) is 0 Å². The molecule has 2 rings (SSSR count). The van der Waals surface area contributed by atoms with Crippen molar-refractivity contribution in [3.05, 3.63) is 11.6 Å². The first-order chi connectivity index (χ1) is 5.40. The van der Waals surface area contributed by atoms with Crippen LogP contribution >= 0.6 is 0 Å². The van der Waals surface area contributed by atoms with Gasteiger partial charge in [-0.2, -0.15) is 10.4 Å². The first-order valence-electron chi connectivity index (χ1n) is 3.69. The predicted octanol–water partition coefficient (Wildman–Crippen LogP) is 0.290. The number of hydrogen-bond acceptors (Lipinski definition) is 3. The summed E-state index contributed by atoms with van der Waals surface area (Å²) in [7, 11) is 0. The second-order valence-electron chi connectivity index (χ2n) is 2.61. The highest BCUT2D eigenvalue weighted by molar-refractivity contribution is 5.00. The lowest BCUT2D eigenvalue weighted by atomic mass is 10.3. The van der Waals surface area contributed by atoms with E-state index in [1.807, 2.05) is 10.8 Å². The lowest BCUT2D eigenvalue weighted by molar-refractivity contribution is 0.647. The number of rotatable bonds is 1. The molecule has 1 aliphatic heterocycles. The summed E-state index contributed by atoms with van der Waals surface area (Å²) in [5.74, 6) is 1.71. The number of aryl methyl sites for hydroxylation is 2. The van der Waals surface area contributed by atoms with Crippen LogP contribution in [0.5, 0.6) is 0 Å². The maximum Gasteiger partial charge on any atom is 0.164 e. The van der Waals surface area contributed by atoms with Crippen LogP contribution in [-0.4, -0.2) is 14.8 Å². The smallest absolute Gasteiger partial charge is 0.164 e.